The van der Waals surface area contributed by atoms with Crippen LogP contribution in [0.25, 0.3) is 0 Å². The molecule has 2 atom stereocenters. The summed E-state index contributed by atoms with van der Waals surface area (Å²) in [5.41, 5.74) is 0.861. The summed E-state index contributed by atoms with van der Waals surface area (Å²) in [6.07, 6.45) is 0.740. The maximum absolute atomic E-state index is 14.0. The van der Waals surface area contributed by atoms with Crippen LogP contribution in [0.4, 0.5) is 19.0 Å². The molecule has 36 heavy (non-hydrogen) atoms. The van der Waals surface area contributed by atoms with Crippen molar-refractivity contribution in [3.05, 3.63) is 46.6 Å². The van der Waals surface area contributed by atoms with Crippen LogP contribution in [0.5, 0.6) is 0 Å². The van der Waals surface area contributed by atoms with Gasteiger partial charge in [-0.1, -0.05) is 6.07 Å². The van der Waals surface area contributed by atoms with Crippen LogP contribution >= 0.6 is 0 Å². The maximum atomic E-state index is 14.0. The topological polar surface area (TPSA) is 76.5 Å². The Bertz CT molecular complexity index is 1200. The SMILES string of the molecule is Cc1nn(C2CCOCC2)c2c1C(C1CC1)C(NC(=O)c1cccc(C(F)(F)F)c1)C(=O)N2C1CC1. The molecule has 3 heterocycles. The lowest BCUT2D eigenvalue weighted by molar-refractivity contribution is -0.137. The Morgan fingerprint density at radius 3 is 2.44 bits per heavy atom. The van der Waals surface area contributed by atoms with Crippen molar-refractivity contribution in [2.75, 3.05) is 18.1 Å². The molecule has 6 rings (SSSR count). The lowest BCUT2D eigenvalue weighted by Crippen LogP contribution is -2.56. The molecule has 2 saturated carbocycles. The highest BCUT2D eigenvalue weighted by Crippen LogP contribution is 2.53. The van der Waals surface area contributed by atoms with Crippen molar-refractivity contribution in [2.45, 2.75) is 75.7 Å². The number of aromatic nitrogens is 2. The predicted molar refractivity (Wildman–Crippen MR) is 125 cm³/mol. The van der Waals surface area contributed by atoms with E-state index < -0.39 is 23.7 Å². The summed E-state index contributed by atoms with van der Waals surface area (Å²) in [4.78, 5) is 29.0. The van der Waals surface area contributed by atoms with Crippen LogP contribution < -0.4 is 10.2 Å². The monoisotopic (exact) mass is 502 g/mol. The average molecular weight is 503 g/mol. The molecule has 2 aromatic rings. The van der Waals surface area contributed by atoms with E-state index in [2.05, 4.69) is 5.32 Å². The molecule has 3 fully saturated rings. The van der Waals surface area contributed by atoms with Gasteiger partial charge in [-0.25, -0.2) is 4.68 Å². The van der Waals surface area contributed by atoms with E-state index >= 15 is 0 Å². The van der Waals surface area contributed by atoms with Crippen molar-refractivity contribution in [1.29, 1.82) is 0 Å². The average Bonchev–Trinajstić information content (AvgIpc) is 3.78. The van der Waals surface area contributed by atoms with Crippen LogP contribution in [-0.4, -0.2) is 46.9 Å². The van der Waals surface area contributed by atoms with Gasteiger partial charge < -0.3 is 10.1 Å². The van der Waals surface area contributed by atoms with Crippen LogP contribution in [0.1, 0.15) is 77.7 Å². The molecule has 0 radical (unpaired) electrons. The van der Waals surface area contributed by atoms with E-state index in [1.807, 2.05) is 16.5 Å². The molecule has 1 saturated heterocycles. The standard InChI is InChI=1S/C26H29F3N4O3/c1-14-20-21(15-5-6-15)22(30-23(34)16-3-2-4-17(13-16)26(27,28)29)25(35)32(18-7-8-18)24(20)33(31-14)19-9-11-36-12-10-19/h2-4,13,15,18-19,21-22H,5-12H2,1H3,(H,30,34). The van der Waals surface area contributed by atoms with Gasteiger partial charge in [0.15, 0.2) is 0 Å². The van der Waals surface area contributed by atoms with E-state index in [4.69, 9.17) is 9.84 Å². The maximum Gasteiger partial charge on any atom is 0.416 e. The summed E-state index contributed by atoms with van der Waals surface area (Å²) in [7, 11) is 0. The van der Waals surface area contributed by atoms with Gasteiger partial charge in [0.05, 0.1) is 17.3 Å². The van der Waals surface area contributed by atoms with Crippen molar-refractivity contribution in [2.24, 2.45) is 5.92 Å². The second-order valence-electron chi connectivity index (χ2n) is 10.4. The molecule has 2 amide bonds. The zero-order valence-corrected chi connectivity index (χ0v) is 20.1. The first-order chi connectivity index (χ1) is 17.2. The zero-order chi connectivity index (χ0) is 25.2. The Morgan fingerprint density at radius 1 is 1.08 bits per heavy atom. The van der Waals surface area contributed by atoms with Gasteiger partial charge >= 0.3 is 6.18 Å². The molecule has 2 aliphatic heterocycles. The van der Waals surface area contributed by atoms with E-state index in [1.165, 1.54) is 12.1 Å². The van der Waals surface area contributed by atoms with E-state index in [0.717, 1.165) is 67.7 Å². The third-order valence-corrected chi connectivity index (χ3v) is 7.85. The summed E-state index contributed by atoms with van der Waals surface area (Å²) >= 11 is 0. The Hall–Kier alpha value is -2.88. The Balaban J connectivity index is 1.38. The van der Waals surface area contributed by atoms with Crippen molar-refractivity contribution < 1.29 is 27.5 Å². The normalized spacial score (nSPS) is 25.1. The molecule has 0 spiro atoms. The quantitative estimate of drug-likeness (QED) is 0.659. The number of hydrogen-bond donors (Lipinski definition) is 1. The number of nitrogens with one attached hydrogen (secondary N) is 1. The first-order valence-corrected chi connectivity index (χ1v) is 12.7. The molecule has 0 bridgehead atoms. The number of carbonyl (C=O) groups excluding carboxylic acids is 2. The van der Waals surface area contributed by atoms with Crippen molar-refractivity contribution in [3.63, 3.8) is 0 Å². The summed E-state index contributed by atoms with van der Waals surface area (Å²) < 4.78 is 47.3. The highest BCUT2D eigenvalue weighted by Gasteiger charge is 2.53. The van der Waals surface area contributed by atoms with Crippen LogP contribution in [0.3, 0.4) is 0 Å². The van der Waals surface area contributed by atoms with Crippen LogP contribution in [-0.2, 0) is 15.7 Å². The summed E-state index contributed by atoms with van der Waals surface area (Å²) in [6.45, 7) is 3.26. The third-order valence-electron chi connectivity index (χ3n) is 7.85. The summed E-state index contributed by atoms with van der Waals surface area (Å²) in [5, 5.41) is 7.76. The number of anilines is 1. The number of carbonyl (C=O) groups is 2. The summed E-state index contributed by atoms with van der Waals surface area (Å²) in [6, 6.07) is 3.71. The lowest BCUT2D eigenvalue weighted by Gasteiger charge is -2.40. The molecule has 10 heteroatoms. The van der Waals surface area contributed by atoms with Crippen molar-refractivity contribution in [3.8, 4) is 0 Å². The first kappa shape index (κ1) is 23.5. The third kappa shape index (κ3) is 4.09. The smallest absolute Gasteiger partial charge is 0.381 e. The number of aryl methyl sites for hydroxylation is 1. The molecular formula is C26H29F3N4O3. The van der Waals surface area contributed by atoms with Gasteiger partial charge in [0.25, 0.3) is 11.8 Å². The van der Waals surface area contributed by atoms with E-state index in [0.29, 0.717) is 13.2 Å². The van der Waals surface area contributed by atoms with Crippen LogP contribution in [0.15, 0.2) is 24.3 Å². The Kier molecular flexibility index (Phi) is 5.62. The number of hydrogen-bond acceptors (Lipinski definition) is 4. The number of halogens is 3. The molecule has 2 unspecified atom stereocenters. The number of nitrogens with zero attached hydrogens (tertiary/aromatic N) is 3. The minimum absolute atomic E-state index is 0.0547. The second kappa shape index (κ2) is 8.61. The number of amides is 2. The molecular weight excluding hydrogens is 473 g/mol. The van der Waals surface area contributed by atoms with E-state index in [9.17, 15) is 22.8 Å². The highest BCUT2D eigenvalue weighted by molar-refractivity contribution is 6.05. The largest absolute Gasteiger partial charge is 0.416 e. The first-order valence-electron chi connectivity index (χ1n) is 12.7. The minimum Gasteiger partial charge on any atom is -0.381 e. The molecule has 1 N–H and O–H groups in total. The van der Waals surface area contributed by atoms with Crippen LogP contribution in [0, 0.1) is 12.8 Å². The van der Waals surface area contributed by atoms with Crippen molar-refractivity contribution >= 4 is 17.6 Å². The van der Waals surface area contributed by atoms with Gasteiger partial charge in [-0.2, -0.15) is 18.3 Å². The molecule has 4 aliphatic rings. The number of fused-ring (bicyclic) bond motifs is 1. The number of alkyl halides is 3. The van der Waals surface area contributed by atoms with Gasteiger partial charge in [-0.05, 0) is 69.6 Å². The fourth-order valence-electron chi connectivity index (χ4n) is 5.80. The zero-order valence-electron chi connectivity index (χ0n) is 20.1. The minimum atomic E-state index is -4.55. The highest BCUT2D eigenvalue weighted by atomic mass is 19.4. The van der Waals surface area contributed by atoms with Gasteiger partial charge in [-0.3, -0.25) is 14.5 Å². The molecule has 1 aromatic heterocycles. The molecule has 2 aliphatic carbocycles. The van der Waals surface area contributed by atoms with Gasteiger partial charge in [-0.15, -0.1) is 0 Å². The van der Waals surface area contributed by atoms with Gasteiger partial charge in [0.1, 0.15) is 11.9 Å². The summed E-state index contributed by atoms with van der Waals surface area (Å²) in [5.74, 6) is -0.0136. The Morgan fingerprint density at radius 2 is 1.81 bits per heavy atom. The second-order valence-corrected chi connectivity index (χ2v) is 10.4. The van der Waals surface area contributed by atoms with Gasteiger partial charge in [0.2, 0.25) is 0 Å². The van der Waals surface area contributed by atoms with E-state index in [1.54, 1.807) is 0 Å². The molecule has 7 nitrogen and oxygen atoms in total. The van der Waals surface area contributed by atoms with Gasteiger partial charge in [0, 0.05) is 36.3 Å². The Labute approximate surface area is 207 Å². The fraction of sp³-hybridized carbons (Fsp3) is 0.577. The number of ether oxygens (including phenoxy) is 1. The molecule has 192 valence electrons. The van der Waals surface area contributed by atoms with Crippen LogP contribution in [0.2, 0.25) is 0 Å². The molecule has 1 aromatic carbocycles. The predicted octanol–water partition coefficient (Wildman–Crippen LogP) is 4.36. The lowest BCUT2D eigenvalue weighted by atomic mass is 9.82. The fourth-order valence-corrected chi connectivity index (χ4v) is 5.80. The number of rotatable bonds is 5. The number of benzene rings is 1. The van der Waals surface area contributed by atoms with Crippen molar-refractivity contribution in [1.82, 2.24) is 15.1 Å². The van der Waals surface area contributed by atoms with E-state index in [-0.39, 0.29) is 35.4 Å².